The Labute approximate surface area is 186 Å². The summed E-state index contributed by atoms with van der Waals surface area (Å²) in [7, 11) is 0. The van der Waals surface area contributed by atoms with Gasteiger partial charge in [-0.2, -0.15) is 0 Å². The number of carbonyl (C=O) groups excluding carboxylic acids is 3. The Balaban J connectivity index is 2.10. The maximum atomic E-state index is 13.0. The van der Waals surface area contributed by atoms with Crippen molar-refractivity contribution in [2.24, 2.45) is 5.92 Å². The number of carbonyl (C=O) groups is 3. The number of nitrogens with one attached hydrogen (secondary N) is 4. The van der Waals surface area contributed by atoms with Crippen LogP contribution in [0.5, 0.6) is 0 Å². The Hall–Kier alpha value is -2.41. The van der Waals surface area contributed by atoms with Gasteiger partial charge in [0.15, 0.2) is 0 Å². The monoisotopic (exact) mass is 430 g/mol. The van der Waals surface area contributed by atoms with E-state index in [1.807, 2.05) is 44.2 Å². The summed E-state index contributed by atoms with van der Waals surface area (Å²) >= 11 is 0. The van der Waals surface area contributed by atoms with Crippen molar-refractivity contribution in [2.75, 3.05) is 13.1 Å². The predicted molar refractivity (Wildman–Crippen MR) is 122 cm³/mol. The van der Waals surface area contributed by atoms with Crippen molar-refractivity contribution in [1.29, 1.82) is 0 Å². The van der Waals surface area contributed by atoms with Crippen molar-refractivity contribution in [1.82, 2.24) is 21.3 Å². The van der Waals surface area contributed by atoms with Crippen molar-refractivity contribution in [2.45, 2.75) is 77.4 Å². The summed E-state index contributed by atoms with van der Waals surface area (Å²) in [5, 5.41) is 12.0. The molecule has 0 radical (unpaired) electrons. The van der Waals surface area contributed by atoms with Crippen LogP contribution in [0, 0.1) is 5.92 Å². The van der Waals surface area contributed by atoms with E-state index in [-0.39, 0.29) is 23.6 Å². The molecule has 31 heavy (non-hydrogen) atoms. The molecule has 3 atom stereocenters. The zero-order valence-electron chi connectivity index (χ0n) is 19.1. The Morgan fingerprint density at radius 1 is 0.839 bits per heavy atom. The third-order valence-electron chi connectivity index (χ3n) is 5.48. The van der Waals surface area contributed by atoms with Crippen LogP contribution in [0.2, 0.25) is 0 Å². The fourth-order valence-corrected chi connectivity index (χ4v) is 3.70. The van der Waals surface area contributed by atoms with Crippen molar-refractivity contribution in [3.8, 4) is 0 Å². The molecular weight excluding hydrogens is 392 g/mol. The van der Waals surface area contributed by atoms with Crippen LogP contribution in [0.1, 0.15) is 58.4 Å². The van der Waals surface area contributed by atoms with Crippen LogP contribution in [0.25, 0.3) is 0 Å². The molecule has 1 fully saturated rings. The largest absolute Gasteiger partial charge is 0.354 e. The highest BCUT2D eigenvalue weighted by molar-refractivity contribution is 5.92. The van der Waals surface area contributed by atoms with Crippen molar-refractivity contribution in [3.05, 3.63) is 35.9 Å². The van der Waals surface area contributed by atoms with Crippen molar-refractivity contribution < 1.29 is 14.4 Å². The molecule has 2 rings (SSSR count). The molecule has 1 aromatic rings. The second kappa shape index (κ2) is 13.1. The molecule has 1 aromatic carbocycles. The van der Waals surface area contributed by atoms with Crippen molar-refractivity contribution >= 4 is 17.7 Å². The molecule has 7 heteroatoms. The molecule has 1 aliphatic rings. The topological polar surface area (TPSA) is 99.3 Å². The molecule has 4 N–H and O–H groups in total. The lowest BCUT2D eigenvalue weighted by Crippen LogP contribution is -2.56. The van der Waals surface area contributed by atoms with Crippen LogP contribution in [-0.4, -0.2) is 48.9 Å². The summed E-state index contributed by atoms with van der Waals surface area (Å²) in [5.41, 5.74) is 1.07. The van der Waals surface area contributed by atoms with Crippen LogP contribution >= 0.6 is 0 Å². The molecule has 0 bridgehead atoms. The highest BCUT2D eigenvalue weighted by atomic mass is 16.2. The van der Waals surface area contributed by atoms with E-state index < -0.39 is 18.1 Å². The van der Waals surface area contributed by atoms with Gasteiger partial charge in [-0.25, -0.2) is 0 Å². The van der Waals surface area contributed by atoms with E-state index in [2.05, 4.69) is 21.3 Å². The molecule has 172 valence electrons. The number of hydrogen-bond donors (Lipinski definition) is 4. The van der Waals surface area contributed by atoms with Gasteiger partial charge in [-0.15, -0.1) is 0 Å². The molecule has 0 aromatic heterocycles. The van der Waals surface area contributed by atoms with Crippen LogP contribution in [0.15, 0.2) is 30.3 Å². The highest BCUT2D eigenvalue weighted by Crippen LogP contribution is 2.08. The van der Waals surface area contributed by atoms with Crippen LogP contribution in [0.3, 0.4) is 0 Å². The van der Waals surface area contributed by atoms with E-state index in [0.717, 1.165) is 37.8 Å². The zero-order valence-corrected chi connectivity index (χ0v) is 19.1. The molecule has 0 unspecified atom stereocenters. The zero-order chi connectivity index (χ0) is 22.6. The van der Waals surface area contributed by atoms with Gasteiger partial charge in [0, 0.05) is 6.54 Å². The number of benzene rings is 1. The predicted octanol–water partition coefficient (Wildman–Crippen LogP) is 1.91. The SMILES string of the molecule is CC(C)C[C@@H]1NC(=O)[C@@H](C)NC(=O)[C@@H](Cc2ccccc2)NCCCCCCNC1=O. The minimum absolute atomic E-state index is 0.156. The van der Waals surface area contributed by atoms with E-state index in [9.17, 15) is 14.4 Å². The van der Waals surface area contributed by atoms with Gasteiger partial charge in [-0.3, -0.25) is 14.4 Å². The summed E-state index contributed by atoms with van der Waals surface area (Å²) in [6.45, 7) is 7.03. The van der Waals surface area contributed by atoms with Gasteiger partial charge in [0.2, 0.25) is 17.7 Å². The summed E-state index contributed by atoms with van der Waals surface area (Å²) in [6, 6.07) is 8.11. The molecule has 1 saturated heterocycles. The number of rotatable bonds is 4. The van der Waals surface area contributed by atoms with Crippen LogP contribution in [-0.2, 0) is 20.8 Å². The average molecular weight is 431 g/mol. The normalized spacial score (nSPS) is 24.9. The van der Waals surface area contributed by atoms with Gasteiger partial charge < -0.3 is 21.3 Å². The third kappa shape index (κ3) is 9.09. The van der Waals surface area contributed by atoms with E-state index >= 15 is 0 Å². The molecule has 0 saturated carbocycles. The maximum Gasteiger partial charge on any atom is 0.242 e. The fourth-order valence-electron chi connectivity index (χ4n) is 3.70. The smallest absolute Gasteiger partial charge is 0.242 e. The first-order valence-electron chi connectivity index (χ1n) is 11.5. The molecule has 0 aliphatic carbocycles. The van der Waals surface area contributed by atoms with E-state index in [4.69, 9.17) is 0 Å². The van der Waals surface area contributed by atoms with Gasteiger partial charge in [-0.05, 0) is 50.6 Å². The first kappa shape index (κ1) is 24.9. The van der Waals surface area contributed by atoms with Gasteiger partial charge in [0.05, 0.1) is 6.04 Å². The van der Waals surface area contributed by atoms with Crippen LogP contribution in [0.4, 0.5) is 0 Å². The molecule has 1 aliphatic heterocycles. The van der Waals surface area contributed by atoms with Gasteiger partial charge >= 0.3 is 0 Å². The summed E-state index contributed by atoms with van der Waals surface area (Å²) in [6.07, 6.45) is 5.01. The Kier molecular flexibility index (Phi) is 10.5. The molecule has 3 amide bonds. The second-order valence-corrected chi connectivity index (χ2v) is 8.82. The number of hydrogen-bond acceptors (Lipinski definition) is 4. The Morgan fingerprint density at radius 3 is 2.19 bits per heavy atom. The second-order valence-electron chi connectivity index (χ2n) is 8.82. The minimum Gasteiger partial charge on any atom is -0.354 e. The quantitative estimate of drug-likeness (QED) is 0.586. The lowest BCUT2D eigenvalue weighted by atomic mass is 10.0. The van der Waals surface area contributed by atoms with Gasteiger partial charge in [0.1, 0.15) is 12.1 Å². The molecule has 7 nitrogen and oxygen atoms in total. The first-order valence-corrected chi connectivity index (χ1v) is 11.5. The van der Waals surface area contributed by atoms with E-state index in [1.165, 1.54) is 0 Å². The standard InChI is InChI=1S/C24H38N4O3/c1-17(2)15-21-23(30)26-14-10-5-4-9-13-25-20(16-19-11-7-6-8-12-19)24(31)27-18(3)22(29)28-21/h6-8,11-12,17-18,20-21,25H,4-5,9-10,13-16H2,1-3H3,(H,26,30)(H,27,31)(H,28,29)/t18-,20-,21+/m1/s1. The Bertz CT molecular complexity index is 708. The van der Waals surface area contributed by atoms with Gasteiger partial charge in [-0.1, -0.05) is 57.0 Å². The van der Waals surface area contributed by atoms with Gasteiger partial charge in [0.25, 0.3) is 0 Å². The van der Waals surface area contributed by atoms with E-state index in [1.54, 1.807) is 6.92 Å². The minimum atomic E-state index is -0.733. The lowest BCUT2D eigenvalue weighted by Gasteiger charge is -2.25. The average Bonchev–Trinajstić information content (AvgIpc) is 2.73. The lowest BCUT2D eigenvalue weighted by molar-refractivity contribution is -0.132. The fraction of sp³-hybridized carbons (Fsp3) is 0.625. The summed E-state index contributed by atoms with van der Waals surface area (Å²) < 4.78 is 0. The molecule has 1 heterocycles. The number of amides is 3. The first-order chi connectivity index (χ1) is 14.9. The van der Waals surface area contributed by atoms with Crippen LogP contribution < -0.4 is 21.3 Å². The third-order valence-corrected chi connectivity index (χ3v) is 5.48. The van der Waals surface area contributed by atoms with E-state index in [0.29, 0.717) is 19.4 Å². The Morgan fingerprint density at radius 2 is 1.52 bits per heavy atom. The molecular formula is C24H38N4O3. The van der Waals surface area contributed by atoms with Crippen molar-refractivity contribution in [3.63, 3.8) is 0 Å². The highest BCUT2D eigenvalue weighted by Gasteiger charge is 2.27. The maximum absolute atomic E-state index is 13.0. The molecule has 0 spiro atoms. The summed E-state index contributed by atoms with van der Waals surface area (Å²) in [4.78, 5) is 38.3. The summed E-state index contributed by atoms with van der Waals surface area (Å²) in [5.74, 6) is -0.453.